The molecule has 0 atom stereocenters. The van der Waals surface area contributed by atoms with Gasteiger partial charge in [0.25, 0.3) is 0 Å². The fourth-order valence-electron chi connectivity index (χ4n) is 2.11. The van der Waals surface area contributed by atoms with Crippen molar-refractivity contribution in [3.63, 3.8) is 0 Å². The lowest BCUT2D eigenvalue weighted by Crippen LogP contribution is -2.03. The SMILES string of the molecule is Cc1ccc(-n2nnnc2SCCOc2cccc(C)c2)cc1. The maximum Gasteiger partial charge on any atom is 0.214 e. The number of tetrazole rings is 1. The molecule has 1 aromatic heterocycles. The average molecular weight is 326 g/mol. The Hall–Kier alpha value is -2.34. The van der Waals surface area contributed by atoms with Gasteiger partial charge in [-0.25, -0.2) is 0 Å². The highest BCUT2D eigenvalue weighted by Crippen LogP contribution is 2.19. The predicted molar refractivity (Wildman–Crippen MR) is 91.3 cm³/mol. The Bertz CT molecular complexity index is 770. The third kappa shape index (κ3) is 4.10. The summed E-state index contributed by atoms with van der Waals surface area (Å²) in [5.74, 6) is 1.67. The number of thioether (sulfide) groups is 1. The second kappa shape index (κ2) is 7.28. The van der Waals surface area contributed by atoms with E-state index in [1.165, 1.54) is 11.1 Å². The van der Waals surface area contributed by atoms with Gasteiger partial charge in [-0.15, -0.1) is 5.10 Å². The van der Waals surface area contributed by atoms with E-state index in [4.69, 9.17) is 4.74 Å². The van der Waals surface area contributed by atoms with Gasteiger partial charge in [0.15, 0.2) is 0 Å². The maximum absolute atomic E-state index is 5.75. The van der Waals surface area contributed by atoms with Crippen LogP contribution in [0.4, 0.5) is 0 Å². The Morgan fingerprint density at radius 1 is 1.04 bits per heavy atom. The summed E-state index contributed by atoms with van der Waals surface area (Å²) in [5.41, 5.74) is 3.36. The summed E-state index contributed by atoms with van der Waals surface area (Å²) in [4.78, 5) is 0. The van der Waals surface area contributed by atoms with Crippen molar-refractivity contribution in [1.82, 2.24) is 20.2 Å². The van der Waals surface area contributed by atoms with Crippen molar-refractivity contribution in [2.75, 3.05) is 12.4 Å². The molecule has 0 saturated heterocycles. The van der Waals surface area contributed by atoms with E-state index in [0.717, 1.165) is 22.3 Å². The first kappa shape index (κ1) is 15.6. The molecule has 5 nitrogen and oxygen atoms in total. The molecule has 6 heteroatoms. The second-order valence-corrected chi connectivity index (χ2v) is 6.28. The molecule has 0 aliphatic rings. The molecule has 0 spiro atoms. The Balaban J connectivity index is 1.57. The van der Waals surface area contributed by atoms with Gasteiger partial charge in [0.05, 0.1) is 12.3 Å². The van der Waals surface area contributed by atoms with Crippen LogP contribution in [0, 0.1) is 13.8 Å². The first-order valence-corrected chi connectivity index (χ1v) is 8.38. The van der Waals surface area contributed by atoms with Crippen LogP contribution < -0.4 is 4.74 Å². The molecule has 0 radical (unpaired) electrons. The second-order valence-electron chi connectivity index (χ2n) is 5.22. The van der Waals surface area contributed by atoms with Crippen LogP contribution in [0.5, 0.6) is 5.75 Å². The van der Waals surface area contributed by atoms with E-state index in [-0.39, 0.29) is 0 Å². The molecule has 0 aliphatic heterocycles. The van der Waals surface area contributed by atoms with Crippen LogP contribution in [-0.2, 0) is 0 Å². The summed E-state index contributed by atoms with van der Waals surface area (Å²) < 4.78 is 7.49. The number of hydrogen-bond acceptors (Lipinski definition) is 5. The smallest absolute Gasteiger partial charge is 0.214 e. The van der Waals surface area contributed by atoms with Crippen molar-refractivity contribution < 1.29 is 4.74 Å². The quantitative estimate of drug-likeness (QED) is 0.513. The van der Waals surface area contributed by atoms with E-state index in [1.54, 1.807) is 16.4 Å². The standard InChI is InChI=1S/C17H18N4OS/c1-13-6-8-15(9-7-13)21-17(18-19-20-21)23-11-10-22-16-5-3-4-14(2)12-16/h3-9,12H,10-11H2,1-2H3. The van der Waals surface area contributed by atoms with E-state index in [9.17, 15) is 0 Å². The van der Waals surface area contributed by atoms with Crippen LogP contribution in [-0.4, -0.2) is 32.6 Å². The first-order chi connectivity index (χ1) is 11.2. The maximum atomic E-state index is 5.75. The average Bonchev–Trinajstić information content (AvgIpc) is 3.01. The van der Waals surface area contributed by atoms with Crippen molar-refractivity contribution in [2.45, 2.75) is 19.0 Å². The highest BCUT2D eigenvalue weighted by Gasteiger charge is 2.08. The van der Waals surface area contributed by atoms with Crippen molar-refractivity contribution in [1.29, 1.82) is 0 Å². The van der Waals surface area contributed by atoms with Crippen molar-refractivity contribution in [2.24, 2.45) is 0 Å². The van der Waals surface area contributed by atoms with Crippen LogP contribution in [0.3, 0.4) is 0 Å². The van der Waals surface area contributed by atoms with E-state index in [0.29, 0.717) is 6.61 Å². The lowest BCUT2D eigenvalue weighted by molar-refractivity contribution is 0.343. The minimum absolute atomic E-state index is 0.606. The van der Waals surface area contributed by atoms with Gasteiger partial charge in [0.2, 0.25) is 5.16 Å². The third-order valence-corrected chi connectivity index (χ3v) is 4.18. The molecule has 0 bridgehead atoms. The number of hydrogen-bond donors (Lipinski definition) is 0. The number of ether oxygens (including phenoxy) is 1. The molecule has 23 heavy (non-hydrogen) atoms. The number of benzene rings is 2. The molecule has 1 heterocycles. The molecule has 0 aliphatic carbocycles. The van der Waals surface area contributed by atoms with Crippen LogP contribution in [0.1, 0.15) is 11.1 Å². The summed E-state index contributed by atoms with van der Waals surface area (Å²) in [6, 6.07) is 16.2. The number of aromatic nitrogens is 4. The van der Waals surface area contributed by atoms with Gasteiger partial charge >= 0.3 is 0 Å². The Morgan fingerprint density at radius 3 is 2.65 bits per heavy atom. The van der Waals surface area contributed by atoms with Gasteiger partial charge < -0.3 is 4.74 Å². The van der Waals surface area contributed by atoms with E-state index in [2.05, 4.69) is 35.4 Å². The molecule has 2 aromatic carbocycles. The fraction of sp³-hybridized carbons (Fsp3) is 0.235. The van der Waals surface area contributed by atoms with Gasteiger partial charge in [0, 0.05) is 5.75 Å². The number of aryl methyl sites for hydroxylation is 2. The fourth-order valence-corrected chi connectivity index (χ4v) is 2.82. The normalized spacial score (nSPS) is 10.7. The van der Waals surface area contributed by atoms with Crippen LogP contribution in [0.15, 0.2) is 53.7 Å². The van der Waals surface area contributed by atoms with Crippen LogP contribution in [0.2, 0.25) is 0 Å². The summed E-state index contributed by atoms with van der Waals surface area (Å²) in [6.07, 6.45) is 0. The Labute approximate surface area is 139 Å². The topological polar surface area (TPSA) is 52.8 Å². The zero-order chi connectivity index (χ0) is 16.1. The molecule has 0 N–H and O–H groups in total. The molecule has 3 aromatic rings. The van der Waals surface area contributed by atoms with Crippen LogP contribution >= 0.6 is 11.8 Å². The zero-order valence-electron chi connectivity index (χ0n) is 13.1. The minimum atomic E-state index is 0.606. The number of nitrogens with zero attached hydrogens (tertiary/aromatic N) is 4. The van der Waals surface area contributed by atoms with Crippen molar-refractivity contribution in [3.8, 4) is 11.4 Å². The molecular formula is C17H18N4OS. The Morgan fingerprint density at radius 2 is 1.87 bits per heavy atom. The summed E-state index contributed by atoms with van der Waals surface area (Å²) in [6.45, 7) is 4.72. The highest BCUT2D eigenvalue weighted by atomic mass is 32.2. The molecule has 3 rings (SSSR count). The van der Waals surface area contributed by atoms with Crippen LogP contribution in [0.25, 0.3) is 5.69 Å². The summed E-state index contributed by atoms with van der Waals surface area (Å²) in [5, 5.41) is 12.7. The third-order valence-electron chi connectivity index (χ3n) is 3.29. The molecule has 0 unspecified atom stereocenters. The van der Waals surface area contributed by atoms with Gasteiger partial charge in [-0.3, -0.25) is 0 Å². The first-order valence-electron chi connectivity index (χ1n) is 7.40. The minimum Gasteiger partial charge on any atom is -0.493 e. The van der Waals surface area contributed by atoms with Crippen molar-refractivity contribution >= 4 is 11.8 Å². The van der Waals surface area contributed by atoms with Gasteiger partial charge in [-0.2, -0.15) is 4.68 Å². The van der Waals surface area contributed by atoms with Gasteiger partial charge in [-0.05, 0) is 54.1 Å². The molecular weight excluding hydrogens is 308 g/mol. The van der Waals surface area contributed by atoms with Crippen molar-refractivity contribution in [3.05, 3.63) is 59.7 Å². The van der Waals surface area contributed by atoms with Gasteiger partial charge in [-0.1, -0.05) is 41.6 Å². The van der Waals surface area contributed by atoms with E-state index < -0.39 is 0 Å². The predicted octanol–water partition coefficient (Wildman–Crippen LogP) is 3.45. The largest absolute Gasteiger partial charge is 0.493 e. The monoisotopic (exact) mass is 326 g/mol. The molecule has 118 valence electrons. The molecule has 0 saturated carbocycles. The number of rotatable bonds is 6. The lowest BCUT2D eigenvalue weighted by atomic mass is 10.2. The molecule has 0 fully saturated rings. The Kier molecular flexibility index (Phi) is 4.92. The molecule has 0 amide bonds. The van der Waals surface area contributed by atoms with E-state index >= 15 is 0 Å². The van der Waals surface area contributed by atoms with E-state index in [1.807, 2.05) is 42.5 Å². The van der Waals surface area contributed by atoms with Gasteiger partial charge in [0.1, 0.15) is 5.75 Å². The zero-order valence-corrected chi connectivity index (χ0v) is 14.0. The lowest BCUT2D eigenvalue weighted by Gasteiger charge is -2.07. The summed E-state index contributed by atoms with van der Waals surface area (Å²) >= 11 is 1.58. The highest BCUT2D eigenvalue weighted by molar-refractivity contribution is 7.99. The summed E-state index contributed by atoms with van der Waals surface area (Å²) in [7, 11) is 0.